The number of nitrogens with zero attached hydrogens (tertiary/aromatic N) is 4. The van der Waals surface area contributed by atoms with Crippen LogP contribution in [0, 0.1) is 0 Å². The number of hydrogen-bond acceptors (Lipinski definition) is 5. The van der Waals surface area contributed by atoms with Gasteiger partial charge in [0.25, 0.3) is 0 Å². The molecule has 0 bridgehead atoms. The lowest BCUT2D eigenvalue weighted by Gasteiger charge is -2.18. The van der Waals surface area contributed by atoms with E-state index in [4.69, 9.17) is 11.6 Å². The van der Waals surface area contributed by atoms with Crippen LogP contribution in [0.15, 0.2) is 16.8 Å². The minimum absolute atomic E-state index is 0.239. The van der Waals surface area contributed by atoms with E-state index in [1.54, 1.807) is 11.3 Å². The van der Waals surface area contributed by atoms with E-state index >= 15 is 0 Å². The van der Waals surface area contributed by atoms with E-state index in [-0.39, 0.29) is 5.28 Å². The van der Waals surface area contributed by atoms with Gasteiger partial charge in [-0.15, -0.1) is 0 Å². The second-order valence-electron chi connectivity index (χ2n) is 3.41. The Kier molecular flexibility index (Phi) is 3.91. The van der Waals surface area contributed by atoms with Gasteiger partial charge in [0.2, 0.25) is 11.2 Å². The highest BCUT2D eigenvalue weighted by Crippen LogP contribution is 2.21. The molecule has 0 spiro atoms. The fourth-order valence-corrected chi connectivity index (χ4v) is 2.30. The van der Waals surface area contributed by atoms with Crippen LogP contribution >= 0.6 is 22.9 Å². The Balaban J connectivity index is 2.42. The summed E-state index contributed by atoms with van der Waals surface area (Å²) in [4.78, 5) is 14.8. The number of halogens is 1. The molecule has 0 N–H and O–H groups in total. The zero-order valence-electron chi connectivity index (χ0n) is 9.72. The van der Waals surface area contributed by atoms with Crippen molar-refractivity contribution in [3.63, 3.8) is 0 Å². The average Bonchev–Trinajstić information content (AvgIpc) is 2.83. The summed E-state index contributed by atoms with van der Waals surface area (Å²) in [7, 11) is 0. The van der Waals surface area contributed by atoms with E-state index in [2.05, 4.69) is 28.8 Å². The minimum Gasteiger partial charge on any atom is -0.341 e. The lowest BCUT2D eigenvalue weighted by Crippen LogP contribution is -2.24. The summed E-state index contributed by atoms with van der Waals surface area (Å²) in [5, 5.41) is 4.23. The zero-order chi connectivity index (χ0) is 12.3. The Morgan fingerprint density at radius 1 is 1.24 bits per heavy atom. The maximum absolute atomic E-state index is 5.94. The van der Waals surface area contributed by atoms with Gasteiger partial charge in [0.15, 0.2) is 5.82 Å². The Morgan fingerprint density at radius 3 is 2.59 bits per heavy atom. The number of hydrogen-bond donors (Lipinski definition) is 0. The number of aromatic nitrogens is 3. The summed E-state index contributed by atoms with van der Waals surface area (Å²) in [6.07, 6.45) is 0. The van der Waals surface area contributed by atoms with Crippen LogP contribution in [0.25, 0.3) is 11.4 Å². The molecule has 0 atom stereocenters. The van der Waals surface area contributed by atoms with E-state index in [0.29, 0.717) is 11.8 Å². The van der Waals surface area contributed by atoms with E-state index in [9.17, 15) is 0 Å². The molecule has 0 aliphatic heterocycles. The molecule has 0 fully saturated rings. The average molecular weight is 269 g/mol. The monoisotopic (exact) mass is 268 g/mol. The van der Waals surface area contributed by atoms with Crippen LogP contribution in [0.3, 0.4) is 0 Å². The van der Waals surface area contributed by atoms with Crippen LogP contribution in [0.5, 0.6) is 0 Å². The minimum atomic E-state index is 0.239. The van der Waals surface area contributed by atoms with Crippen molar-refractivity contribution in [2.24, 2.45) is 0 Å². The summed E-state index contributed by atoms with van der Waals surface area (Å²) >= 11 is 7.55. The van der Waals surface area contributed by atoms with Gasteiger partial charge in [-0.2, -0.15) is 26.3 Å². The molecule has 0 aliphatic rings. The molecule has 2 aromatic heterocycles. The van der Waals surface area contributed by atoms with Gasteiger partial charge >= 0.3 is 0 Å². The molecular weight excluding hydrogens is 256 g/mol. The molecular formula is C11H13ClN4S. The first-order chi connectivity index (χ1) is 8.24. The fourth-order valence-electron chi connectivity index (χ4n) is 1.51. The van der Waals surface area contributed by atoms with Crippen molar-refractivity contribution in [2.45, 2.75) is 13.8 Å². The third kappa shape index (κ3) is 2.73. The fraction of sp³-hybridized carbons (Fsp3) is 0.364. The van der Waals surface area contributed by atoms with E-state index in [1.807, 2.05) is 21.7 Å². The van der Waals surface area contributed by atoms with Crippen LogP contribution in [0.4, 0.5) is 5.95 Å². The Bertz CT molecular complexity index is 482. The van der Waals surface area contributed by atoms with Crippen molar-refractivity contribution in [1.82, 2.24) is 15.0 Å². The third-order valence-electron chi connectivity index (χ3n) is 2.42. The van der Waals surface area contributed by atoms with Gasteiger partial charge in [0.1, 0.15) is 0 Å². The molecule has 0 unspecified atom stereocenters. The van der Waals surface area contributed by atoms with Gasteiger partial charge in [-0.1, -0.05) is 0 Å². The number of rotatable bonds is 4. The third-order valence-corrected chi connectivity index (χ3v) is 3.27. The van der Waals surface area contributed by atoms with Crippen molar-refractivity contribution in [2.75, 3.05) is 18.0 Å². The van der Waals surface area contributed by atoms with Gasteiger partial charge in [-0.25, -0.2) is 0 Å². The van der Waals surface area contributed by atoms with Gasteiger partial charge in [-0.3, -0.25) is 0 Å². The first-order valence-electron chi connectivity index (χ1n) is 5.43. The SMILES string of the molecule is CCN(CC)c1nc(Cl)nc(-c2ccsc2)n1. The molecule has 2 aromatic rings. The molecule has 0 aliphatic carbocycles. The van der Waals surface area contributed by atoms with Gasteiger partial charge in [-0.05, 0) is 36.9 Å². The largest absolute Gasteiger partial charge is 0.341 e. The topological polar surface area (TPSA) is 41.9 Å². The number of thiophene rings is 1. The van der Waals surface area contributed by atoms with Gasteiger partial charge < -0.3 is 4.90 Å². The smallest absolute Gasteiger partial charge is 0.230 e. The maximum atomic E-state index is 5.94. The molecule has 2 heterocycles. The lowest BCUT2D eigenvalue weighted by atomic mass is 10.3. The standard InChI is InChI=1S/C11H13ClN4S/c1-3-16(4-2)11-14-9(13-10(12)15-11)8-5-6-17-7-8/h5-7H,3-4H2,1-2H3. The molecule has 0 saturated heterocycles. The quantitative estimate of drug-likeness (QED) is 0.855. The van der Waals surface area contributed by atoms with Crippen LogP contribution in [0.2, 0.25) is 5.28 Å². The van der Waals surface area contributed by atoms with E-state index in [1.165, 1.54) is 0 Å². The summed E-state index contributed by atoms with van der Waals surface area (Å²) in [5.74, 6) is 1.27. The summed E-state index contributed by atoms with van der Waals surface area (Å²) < 4.78 is 0. The zero-order valence-corrected chi connectivity index (χ0v) is 11.3. The molecule has 0 radical (unpaired) electrons. The first-order valence-corrected chi connectivity index (χ1v) is 6.75. The highest BCUT2D eigenvalue weighted by Gasteiger charge is 2.11. The highest BCUT2D eigenvalue weighted by atomic mass is 35.5. The predicted molar refractivity (Wildman–Crippen MR) is 71.7 cm³/mol. The molecule has 0 aromatic carbocycles. The van der Waals surface area contributed by atoms with E-state index < -0.39 is 0 Å². The van der Waals surface area contributed by atoms with Crippen molar-refractivity contribution in [3.8, 4) is 11.4 Å². The molecule has 6 heteroatoms. The Labute approximate surface area is 109 Å². The Hall–Kier alpha value is -1.20. The normalized spacial score (nSPS) is 10.5. The lowest BCUT2D eigenvalue weighted by molar-refractivity contribution is 0.813. The maximum Gasteiger partial charge on any atom is 0.230 e. The molecule has 0 amide bonds. The van der Waals surface area contributed by atoms with E-state index in [0.717, 1.165) is 18.7 Å². The van der Waals surface area contributed by atoms with Crippen LogP contribution in [0.1, 0.15) is 13.8 Å². The first kappa shape index (κ1) is 12.3. The molecule has 2 rings (SSSR count). The summed E-state index contributed by atoms with van der Waals surface area (Å²) in [5.41, 5.74) is 0.979. The summed E-state index contributed by atoms with van der Waals surface area (Å²) in [6.45, 7) is 5.82. The molecule has 17 heavy (non-hydrogen) atoms. The van der Waals surface area contributed by atoms with Crippen LogP contribution < -0.4 is 4.90 Å². The summed E-state index contributed by atoms with van der Waals surface area (Å²) in [6, 6.07) is 1.97. The van der Waals surface area contributed by atoms with Crippen LogP contribution in [-0.2, 0) is 0 Å². The second kappa shape index (κ2) is 5.42. The Morgan fingerprint density at radius 2 is 2.00 bits per heavy atom. The second-order valence-corrected chi connectivity index (χ2v) is 4.53. The highest BCUT2D eigenvalue weighted by molar-refractivity contribution is 7.08. The molecule has 0 saturated carbocycles. The van der Waals surface area contributed by atoms with Crippen molar-refractivity contribution >= 4 is 28.9 Å². The van der Waals surface area contributed by atoms with Gasteiger partial charge in [0, 0.05) is 24.0 Å². The molecule has 90 valence electrons. The van der Waals surface area contributed by atoms with Gasteiger partial charge in [0.05, 0.1) is 0 Å². The molecule has 4 nitrogen and oxygen atoms in total. The van der Waals surface area contributed by atoms with Crippen molar-refractivity contribution in [1.29, 1.82) is 0 Å². The van der Waals surface area contributed by atoms with Crippen molar-refractivity contribution < 1.29 is 0 Å². The van der Waals surface area contributed by atoms with Crippen LogP contribution in [-0.4, -0.2) is 28.0 Å². The number of anilines is 1. The van der Waals surface area contributed by atoms with Crippen molar-refractivity contribution in [3.05, 3.63) is 22.1 Å². The predicted octanol–water partition coefficient (Wildman–Crippen LogP) is 3.10.